The van der Waals surface area contributed by atoms with Crippen molar-refractivity contribution in [2.45, 2.75) is 70.4 Å². The highest BCUT2D eigenvalue weighted by Crippen LogP contribution is 2.65. The van der Waals surface area contributed by atoms with E-state index in [9.17, 15) is 24.6 Å². The molecule has 8 heteroatoms. The Morgan fingerprint density at radius 2 is 2.00 bits per heavy atom. The number of ether oxygens (including phenoxy) is 1. The van der Waals surface area contributed by atoms with E-state index in [-0.39, 0.29) is 30.9 Å². The molecule has 0 radical (unpaired) electrons. The van der Waals surface area contributed by atoms with Crippen LogP contribution in [-0.4, -0.2) is 74.2 Å². The average Bonchev–Trinajstić information content (AvgIpc) is 3.36. The van der Waals surface area contributed by atoms with Gasteiger partial charge in [-0.25, -0.2) is 0 Å². The number of carboxylic acid groups (broad SMARTS) is 1. The lowest BCUT2D eigenvalue weighted by Crippen LogP contribution is -2.59. The summed E-state index contributed by atoms with van der Waals surface area (Å²) in [4.78, 5) is 44.1. The standard InChI is InChI=1S/C28H38N2O6/c1-6-13-29(15-19-11-9-8-10-12-19)25(33)23-28-14-18(4)27(5,36-28)22(26(34)35)21(28)24(32)30(23)20(16-31)17(3)7-2/h6,8-12,17-18,20-23,31H,1,7,13-16H2,2-5H3,(H,34,35)/t17-,18?,20-,21-,22+,23?,27-,28?/m0/s1. The van der Waals surface area contributed by atoms with Gasteiger partial charge in [0, 0.05) is 13.1 Å². The van der Waals surface area contributed by atoms with Crippen LogP contribution in [0.2, 0.25) is 0 Å². The molecule has 2 bridgehead atoms. The third-order valence-electron chi connectivity index (χ3n) is 8.98. The summed E-state index contributed by atoms with van der Waals surface area (Å²) in [5, 5.41) is 20.6. The van der Waals surface area contributed by atoms with E-state index in [0.29, 0.717) is 19.4 Å². The van der Waals surface area contributed by atoms with Crippen LogP contribution < -0.4 is 0 Å². The Bertz CT molecular complexity index is 1030. The molecule has 8 atom stereocenters. The summed E-state index contributed by atoms with van der Waals surface area (Å²) in [5.41, 5.74) is -1.38. The van der Waals surface area contributed by atoms with Crippen LogP contribution in [0.3, 0.4) is 0 Å². The minimum Gasteiger partial charge on any atom is -0.481 e. The Balaban J connectivity index is 1.84. The molecule has 1 aromatic carbocycles. The SMILES string of the molecule is C=CCN(Cc1ccccc1)C(=O)C1N([C@@H](CO)[C@@H](C)CC)C(=O)[C@@H]2[C@H](C(=O)O)[C@@]3(C)OC12CC3C. The van der Waals surface area contributed by atoms with Gasteiger partial charge in [0.05, 0.1) is 24.2 Å². The van der Waals surface area contributed by atoms with Gasteiger partial charge in [0.2, 0.25) is 11.8 Å². The number of nitrogens with zero attached hydrogens (tertiary/aromatic N) is 2. The first-order valence-electron chi connectivity index (χ1n) is 12.9. The Morgan fingerprint density at radius 3 is 2.56 bits per heavy atom. The lowest BCUT2D eigenvalue weighted by atomic mass is 9.62. The van der Waals surface area contributed by atoms with Crippen molar-refractivity contribution in [1.29, 1.82) is 0 Å². The number of carbonyl (C=O) groups is 3. The van der Waals surface area contributed by atoms with Crippen molar-refractivity contribution in [3.05, 3.63) is 48.6 Å². The van der Waals surface area contributed by atoms with Crippen molar-refractivity contribution in [3.63, 3.8) is 0 Å². The Morgan fingerprint density at radius 1 is 1.33 bits per heavy atom. The molecule has 3 aliphatic heterocycles. The number of amides is 2. The van der Waals surface area contributed by atoms with Crippen molar-refractivity contribution in [2.24, 2.45) is 23.7 Å². The highest BCUT2D eigenvalue weighted by atomic mass is 16.5. The lowest BCUT2D eigenvalue weighted by Gasteiger charge is -2.41. The van der Waals surface area contributed by atoms with E-state index < -0.39 is 47.0 Å². The Hall–Kier alpha value is -2.71. The fraction of sp³-hybridized carbons (Fsp3) is 0.607. The molecule has 1 aromatic rings. The van der Waals surface area contributed by atoms with Crippen LogP contribution in [0.5, 0.6) is 0 Å². The molecule has 0 aromatic heterocycles. The summed E-state index contributed by atoms with van der Waals surface area (Å²) in [6, 6.07) is 7.91. The van der Waals surface area contributed by atoms with E-state index in [0.717, 1.165) is 5.56 Å². The molecule has 1 spiro atoms. The Kier molecular flexibility index (Phi) is 7.05. The van der Waals surface area contributed by atoms with Crippen LogP contribution in [0.15, 0.2) is 43.0 Å². The molecule has 196 valence electrons. The van der Waals surface area contributed by atoms with Crippen LogP contribution in [0.4, 0.5) is 0 Å². The number of carbonyl (C=O) groups excluding carboxylic acids is 2. The Labute approximate surface area is 212 Å². The van der Waals surface area contributed by atoms with Gasteiger partial charge in [0.15, 0.2) is 0 Å². The maximum atomic E-state index is 14.4. The smallest absolute Gasteiger partial charge is 0.310 e. The third kappa shape index (κ3) is 3.77. The number of aliphatic hydroxyl groups excluding tert-OH is 1. The molecule has 2 N–H and O–H groups in total. The van der Waals surface area contributed by atoms with Gasteiger partial charge in [-0.05, 0) is 30.7 Å². The molecule has 0 aliphatic carbocycles. The van der Waals surface area contributed by atoms with Crippen molar-refractivity contribution in [2.75, 3.05) is 13.2 Å². The average molecular weight is 499 g/mol. The number of rotatable bonds is 10. The molecule has 3 unspecified atom stereocenters. The van der Waals surface area contributed by atoms with E-state index >= 15 is 0 Å². The van der Waals surface area contributed by atoms with Gasteiger partial charge in [-0.3, -0.25) is 14.4 Å². The first-order chi connectivity index (χ1) is 17.1. The van der Waals surface area contributed by atoms with E-state index in [1.807, 2.05) is 51.1 Å². The summed E-state index contributed by atoms with van der Waals surface area (Å²) in [5.74, 6) is -4.10. The van der Waals surface area contributed by atoms with Gasteiger partial charge in [-0.1, -0.05) is 63.6 Å². The second-order valence-corrected chi connectivity index (χ2v) is 10.9. The van der Waals surface area contributed by atoms with Gasteiger partial charge in [-0.2, -0.15) is 0 Å². The largest absolute Gasteiger partial charge is 0.481 e. The van der Waals surface area contributed by atoms with Gasteiger partial charge in [0.1, 0.15) is 17.6 Å². The van der Waals surface area contributed by atoms with E-state index in [1.54, 1.807) is 17.9 Å². The molecule has 3 fully saturated rings. The molecule has 3 saturated heterocycles. The number of benzene rings is 1. The lowest BCUT2D eigenvalue weighted by molar-refractivity contribution is -0.161. The quantitative estimate of drug-likeness (QED) is 0.481. The maximum absolute atomic E-state index is 14.4. The number of hydrogen-bond donors (Lipinski definition) is 2. The van der Waals surface area contributed by atoms with Crippen molar-refractivity contribution < 1.29 is 29.3 Å². The normalized spacial score (nSPS) is 34.4. The number of likely N-dealkylation sites (tertiary alicyclic amines) is 1. The predicted molar refractivity (Wildman–Crippen MR) is 134 cm³/mol. The molecule has 3 heterocycles. The zero-order chi connectivity index (χ0) is 26.4. The monoisotopic (exact) mass is 498 g/mol. The fourth-order valence-electron chi connectivity index (χ4n) is 6.87. The second kappa shape index (κ2) is 9.63. The molecule has 8 nitrogen and oxygen atoms in total. The van der Waals surface area contributed by atoms with Crippen molar-refractivity contribution >= 4 is 17.8 Å². The molecule has 0 saturated carbocycles. The zero-order valence-corrected chi connectivity index (χ0v) is 21.6. The van der Waals surface area contributed by atoms with Crippen LogP contribution in [0.1, 0.15) is 46.1 Å². The van der Waals surface area contributed by atoms with E-state index in [4.69, 9.17) is 4.74 Å². The van der Waals surface area contributed by atoms with Gasteiger partial charge < -0.3 is 24.7 Å². The summed E-state index contributed by atoms with van der Waals surface area (Å²) in [7, 11) is 0. The first kappa shape index (κ1) is 26.4. The number of aliphatic hydroxyl groups is 1. The van der Waals surface area contributed by atoms with Gasteiger partial charge in [-0.15, -0.1) is 6.58 Å². The molecular weight excluding hydrogens is 460 g/mol. The number of hydrogen-bond acceptors (Lipinski definition) is 5. The highest BCUT2D eigenvalue weighted by Gasteiger charge is 2.80. The highest BCUT2D eigenvalue weighted by molar-refractivity contribution is 5.98. The summed E-state index contributed by atoms with van der Waals surface area (Å²) < 4.78 is 6.58. The van der Waals surface area contributed by atoms with Crippen LogP contribution in [0.25, 0.3) is 0 Å². The molecular formula is C28H38N2O6. The zero-order valence-electron chi connectivity index (χ0n) is 21.6. The second-order valence-electron chi connectivity index (χ2n) is 10.9. The first-order valence-corrected chi connectivity index (χ1v) is 12.9. The maximum Gasteiger partial charge on any atom is 0.310 e. The number of carboxylic acids is 1. The van der Waals surface area contributed by atoms with Crippen LogP contribution >= 0.6 is 0 Å². The molecule has 2 amide bonds. The number of aliphatic carboxylic acids is 1. The molecule has 36 heavy (non-hydrogen) atoms. The van der Waals surface area contributed by atoms with E-state index in [1.165, 1.54) is 4.90 Å². The summed E-state index contributed by atoms with van der Waals surface area (Å²) in [6.45, 7) is 11.7. The fourth-order valence-corrected chi connectivity index (χ4v) is 6.87. The number of fused-ring (bicyclic) bond motifs is 1. The van der Waals surface area contributed by atoms with E-state index in [2.05, 4.69) is 6.58 Å². The van der Waals surface area contributed by atoms with Crippen molar-refractivity contribution in [1.82, 2.24) is 9.80 Å². The predicted octanol–water partition coefficient (Wildman–Crippen LogP) is 2.70. The third-order valence-corrected chi connectivity index (χ3v) is 8.98. The molecule has 4 rings (SSSR count). The van der Waals surface area contributed by atoms with Gasteiger partial charge >= 0.3 is 5.97 Å². The van der Waals surface area contributed by atoms with Crippen LogP contribution in [-0.2, 0) is 25.7 Å². The van der Waals surface area contributed by atoms with Crippen LogP contribution in [0, 0.1) is 23.7 Å². The van der Waals surface area contributed by atoms with Crippen molar-refractivity contribution in [3.8, 4) is 0 Å². The topological polar surface area (TPSA) is 107 Å². The summed E-state index contributed by atoms with van der Waals surface area (Å²) >= 11 is 0. The molecule has 3 aliphatic rings. The van der Waals surface area contributed by atoms with Gasteiger partial charge in [0.25, 0.3) is 0 Å². The summed E-state index contributed by atoms with van der Waals surface area (Å²) in [6.07, 6.45) is 2.74. The minimum atomic E-state index is -1.26. The minimum absolute atomic E-state index is 0.0973.